The lowest BCUT2D eigenvalue weighted by Crippen LogP contribution is -2.52. The molecule has 1 atom stereocenters. The molecule has 1 aromatic rings. The molecule has 39 heavy (non-hydrogen) atoms. The second-order valence-electron chi connectivity index (χ2n) is 10.2. The lowest BCUT2D eigenvalue weighted by Gasteiger charge is -2.39. The van der Waals surface area contributed by atoms with Crippen LogP contribution in [0.4, 0.5) is 5.69 Å². The van der Waals surface area contributed by atoms with E-state index in [1.54, 1.807) is 24.3 Å². The Bertz CT molecular complexity index is 1150. The van der Waals surface area contributed by atoms with E-state index in [0.717, 1.165) is 48.6 Å². The van der Waals surface area contributed by atoms with Gasteiger partial charge in [-0.3, -0.25) is 9.69 Å². The summed E-state index contributed by atoms with van der Waals surface area (Å²) in [6.45, 7) is 25.1. The lowest BCUT2D eigenvalue weighted by molar-refractivity contribution is -0.118. The van der Waals surface area contributed by atoms with E-state index in [4.69, 9.17) is 0 Å². The molecule has 1 aliphatic rings. The molecule has 5 nitrogen and oxygen atoms in total. The van der Waals surface area contributed by atoms with E-state index in [9.17, 15) is 9.90 Å². The molecular formula is C34H45N3O2. The molecule has 1 aromatic carbocycles. The molecule has 1 amide bonds. The summed E-state index contributed by atoms with van der Waals surface area (Å²) < 4.78 is 0. The van der Waals surface area contributed by atoms with E-state index in [1.165, 1.54) is 0 Å². The molecule has 1 aliphatic heterocycles. The number of rotatable bonds is 14. The van der Waals surface area contributed by atoms with E-state index in [0.29, 0.717) is 18.5 Å². The van der Waals surface area contributed by atoms with Gasteiger partial charge in [-0.15, -0.1) is 6.58 Å². The molecule has 208 valence electrons. The number of allylic oxidation sites excluding steroid dienone is 10. The van der Waals surface area contributed by atoms with Crippen LogP contribution in [0.3, 0.4) is 0 Å². The fourth-order valence-corrected chi connectivity index (χ4v) is 4.39. The topological polar surface area (TPSA) is 55.8 Å². The number of aromatic hydroxyl groups is 1. The number of amides is 1. The molecular weight excluding hydrogens is 482 g/mol. The minimum absolute atomic E-state index is 0.0112. The fraction of sp³-hybridized carbons (Fsp3) is 0.324. The van der Waals surface area contributed by atoms with Crippen molar-refractivity contribution in [1.82, 2.24) is 10.2 Å². The van der Waals surface area contributed by atoms with Crippen LogP contribution in [-0.4, -0.2) is 48.1 Å². The van der Waals surface area contributed by atoms with Gasteiger partial charge in [0.2, 0.25) is 5.91 Å². The van der Waals surface area contributed by atoms with Gasteiger partial charge in [-0.25, -0.2) is 0 Å². The summed E-state index contributed by atoms with van der Waals surface area (Å²) >= 11 is 0. The second-order valence-corrected chi connectivity index (χ2v) is 10.2. The van der Waals surface area contributed by atoms with Crippen molar-refractivity contribution in [3.63, 3.8) is 0 Å². The summed E-state index contributed by atoms with van der Waals surface area (Å²) in [5.41, 5.74) is 4.83. The summed E-state index contributed by atoms with van der Waals surface area (Å²) in [5.74, 6) is 0.442. The fourth-order valence-electron chi connectivity index (χ4n) is 4.39. The minimum atomic E-state index is -0.0664. The Kier molecular flexibility index (Phi) is 13.0. The average Bonchev–Trinajstić information content (AvgIpc) is 2.90. The van der Waals surface area contributed by atoms with Gasteiger partial charge in [0.25, 0.3) is 0 Å². The predicted octanol–water partition coefficient (Wildman–Crippen LogP) is 6.86. The number of anilines is 1. The predicted molar refractivity (Wildman–Crippen MR) is 167 cm³/mol. The molecule has 2 rings (SSSR count). The van der Waals surface area contributed by atoms with Crippen molar-refractivity contribution in [3.05, 3.63) is 122 Å². The van der Waals surface area contributed by atoms with Crippen LogP contribution in [0.15, 0.2) is 122 Å². The standard InChI is InChI=1S/C34H45N3O2/c1-8-11-12-15-29(10-3)22-27(6)18-19-30(14-9-2)34(39)35-33(26(4)5)25-36-20-21-37(28(7)24-36)31-16-13-17-32(38)23-31/h8-13,15-19,23,26,33,38H,1-3,7,14,20-22,24-25H2,4-6H3,(H,35,39)/b12-11-,27-18+,29-15+,30-19+/t33-/m1/s1. The number of hydrogen-bond acceptors (Lipinski definition) is 4. The van der Waals surface area contributed by atoms with Crippen molar-refractivity contribution in [2.75, 3.05) is 31.1 Å². The zero-order valence-corrected chi connectivity index (χ0v) is 23.9. The highest BCUT2D eigenvalue weighted by molar-refractivity contribution is 5.94. The van der Waals surface area contributed by atoms with Crippen LogP contribution in [0.2, 0.25) is 0 Å². The maximum Gasteiger partial charge on any atom is 0.247 e. The third-order valence-corrected chi connectivity index (χ3v) is 6.67. The second kappa shape index (κ2) is 16.2. The highest BCUT2D eigenvalue weighted by atomic mass is 16.3. The summed E-state index contributed by atoms with van der Waals surface area (Å²) in [5, 5.41) is 13.1. The molecule has 0 saturated carbocycles. The van der Waals surface area contributed by atoms with Gasteiger partial charge < -0.3 is 15.3 Å². The normalized spacial score (nSPS) is 16.5. The van der Waals surface area contributed by atoms with Gasteiger partial charge in [0, 0.05) is 55.2 Å². The van der Waals surface area contributed by atoms with Gasteiger partial charge in [-0.2, -0.15) is 0 Å². The first kappa shape index (κ1) is 31.4. The van der Waals surface area contributed by atoms with Crippen molar-refractivity contribution in [2.45, 2.75) is 39.7 Å². The molecule has 0 unspecified atom stereocenters. The van der Waals surface area contributed by atoms with E-state index in [1.807, 2.05) is 48.6 Å². The number of piperazine rings is 1. The van der Waals surface area contributed by atoms with Crippen LogP contribution in [0.25, 0.3) is 0 Å². The molecule has 2 N–H and O–H groups in total. The smallest absolute Gasteiger partial charge is 0.247 e. The average molecular weight is 528 g/mol. The van der Waals surface area contributed by atoms with Crippen LogP contribution in [0, 0.1) is 5.92 Å². The zero-order chi connectivity index (χ0) is 28.8. The Morgan fingerprint density at radius 1 is 1.13 bits per heavy atom. The first-order valence-corrected chi connectivity index (χ1v) is 13.5. The van der Waals surface area contributed by atoms with Gasteiger partial charge in [-0.1, -0.05) is 93.8 Å². The minimum Gasteiger partial charge on any atom is -0.508 e. The molecule has 0 spiro atoms. The van der Waals surface area contributed by atoms with E-state index < -0.39 is 0 Å². The molecule has 1 heterocycles. The maximum atomic E-state index is 13.3. The number of carbonyl (C=O) groups is 1. The molecule has 5 heteroatoms. The first-order chi connectivity index (χ1) is 18.7. The van der Waals surface area contributed by atoms with E-state index >= 15 is 0 Å². The number of phenolic OH excluding ortho intramolecular Hbond substituents is 1. The molecule has 0 aliphatic carbocycles. The van der Waals surface area contributed by atoms with Crippen molar-refractivity contribution >= 4 is 11.6 Å². The van der Waals surface area contributed by atoms with Gasteiger partial charge in [0.1, 0.15) is 5.75 Å². The monoisotopic (exact) mass is 527 g/mol. The van der Waals surface area contributed by atoms with E-state index in [2.05, 4.69) is 62.2 Å². The third-order valence-electron chi connectivity index (χ3n) is 6.67. The Balaban J connectivity index is 2.06. The van der Waals surface area contributed by atoms with Crippen LogP contribution in [0.1, 0.15) is 33.6 Å². The van der Waals surface area contributed by atoms with Crippen LogP contribution in [-0.2, 0) is 4.79 Å². The summed E-state index contributed by atoms with van der Waals surface area (Å²) in [6, 6.07) is 7.24. The quantitative estimate of drug-likeness (QED) is 0.158. The largest absolute Gasteiger partial charge is 0.508 e. The van der Waals surface area contributed by atoms with Gasteiger partial charge in [0.15, 0.2) is 0 Å². The lowest BCUT2D eigenvalue weighted by atomic mass is 10.0. The summed E-state index contributed by atoms with van der Waals surface area (Å²) in [6.07, 6.45) is 16.3. The Morgan fingerprint density at radius 3 is 2.51 bits per heavy atom. The summed E-state index contributed by atoms with van der Waals surface area (Å²) in [7, 11) is 0. The molecule has 0 radical (unpaired) electrons. The number of hydrogen-bond donors (Lipinski definition) is 2. The van der Waals surface area contributed by atoms with Crippen molar-refractivity contribution in [2.24, 2.45) is 5.92 Å². The van der Waals surface area contributed by atoms with Crippen LogP contribution in [0.5, 0.6) is 5.75 Å². The van der Waals surface area contributed by atoms with Crippen molar-refractivity contribution in [1.29, 1.82) is 0 Å². The Hall–Kier alpha value is -3.83. The summed E-state index contributed by atoms with van der Waals surface area (Å²) in [4.78, 5) is 17.8. The number of benzene rings is 1. The molecule has 0 bridgehead atoms. The number of carbonyl (C=O) groups excluding carboxylic acids is 1. The van der Waals surface area contributed by atoms with Gasteiger partial charge in [0.05, 0.1) is 0 Å². The van der Waals surface area contributed by atoms with Crippen molar-refractivity contribution < 1.29 is 9.90 Å². The zero-order valence-electron chi connectivity index (χ0n) is 23.9. The highest BCUT2D eigenvalue weighted by Crippen LogP contribution is 2.25. The number of nitrogens with zero attached hydrogens (tertiary/aromatic N) is 2. The number of phenols is 1. The van der Waals surface area contributed by atoms with Crippen molar-refractivity contribution in [3.8, 4) is 5.75 Å². The third kappa shape index (κ3) is 10.5. The molecule has 1 fully saturated rings. The highest BCUT2D eigenvalue weighted by Gasteiger charge is 2.26. The van der Waals surface area contributed by atoms with Crippen LogP contribution < -0.4 is 10.2 Å². The van der Waals surface area contributed by atoms with E-state index in [-0.39, 0.29) is 23.6 Å². The van der Waals surface area contributed by atoms with Gasteiger partial charge >= 0.3 is 0 Å². The first-order valence-electron chi connectivity index (χ1n) is 13.5. The number of nitrogens with one attached hydrogen (secondary N) is 1. The van der Waals surface area contributed by atoms with Gasteiger partial charge in [-0.05, 0) is 43.4 Å². The van der Waals surface area contributed by atoms with Crippen LogP contribution >= 0.6 is 0 Å². The molecule has 1 saturated heterocycles. The Morgan fingerprint density at radius 2 is 1.90 bits per heavy atom. The molecule has 0 aromatic heterocycles. The SMILES string of the molecule is C=C/C=C\C=C(/C=C)C/C(C)=C/C=C(\CC=C)C(=O)N[C@H](CN1CCN(c2cccc(O)c2)C(=C)C1)C(C)C. The Labute approximate surface area is 235 Å². The maximum absolute atomic E-state index is 13.3.